The average Bonchev–Trinajstić information content (AvgIpc) is 3.74. The lowest BCUT2D eigenvalue weighted by molar-refractivity contribution is 1.30. The molecule has 10 rings (SSSR count). The lowest BCUT2D eigenvalue weighted by atomic mass is 9.98. The van der Waals surface area contributed by atoms with Crippen molar-refractivity contribution in [1.82, 2.24) is 0 Å². The summed E-state index contributed by atoms with van der Waals surface area (Å²) in [4.78, 5) is 2.45. The van der Waals surface area contributed by atoms with E-state index in [2.05, 4.69) is 181 Å². The Hall–Kier alpha value is -5.74. The molecule has 0 aliphatic carbocycles. The van der Waals surface area contributed by atoms with Crippen molar-refractivity contribution in [3.8, 4) is 22.3 Å². The van der Waals surface area contributed by atoms with Crippen molar-refractivity contribution in [1.29, 1.82) is 0 Å². The second-order valence-corrected chi connectivity index (χ2v) is 14.6. The van der Waals surface area contributed by atoms with Gasteiger partial charge in [0.15, 0.2) is 0 Å². The highest BCUT2D eigenvalue weighted by Gasteiger charge is 2.21. The van der Waals surface area contributed by atoms with Gasteiger partial charge in [-0.15, -0.1) is 22.7 Å². The van der Waals surface area contributed by atoms with Gasteiger partial charge in [-0.3, -0.25) is 0 Å². The van der Waals surface area contributed by atoms with Gasteiger partial charge in [-0.05, 0) is 52.9 Å². The zero-order chi connectivity index (χ0) is 32.3. The molecular weight excluding hydrogens is 631 g/mol. The van der Waals surface area contributed by atoms with Gasteiger partial charge in [0.25, 0.3) is 0 Å². The lowest BCUT2D eigenvalue weighted by Crippen LogP contribution is -2.11. The third-order valence-electron chi connectivity index (χ3n) is 9.69. The van der Waals surface area contributed by atoms with Gasteiger partial charge in [-0.2, -0.15) is 0 Å². The molecule has 2 aromatic heterocycles. The molecule has 2 heterocycles. The molecule has 230 valence electrons. The molecule has 0 bridgehead atoms. The molecule has 3 heteroatoms. The molecule has 0 N–H and O–H groups in total. The van der Waals surface area contributed by atoms with Crippen molar-refractivity contribution in [2.45, 2.75) is 0 Å². The smallest absolute Gasteiger partial charge is 0.0540 e. The van der Waals surface area contributed by atoms with Crippen LogP contribution in [0.5, 0.6) is 0 Å². The molecule has 0 radical (unpaired) electrons. The van der Waals surface area contributed by atoms with Gasteiger partial charge in [0.05, 0.1) is 11.4 Å². The number of para-hydroxylation sites is 1. The molecule has 8 aromatic carbocycles. The number of benzene rings is 8. The maximum atomic E-state index is 2.45. The molecule has 0 fully saturated rings. The van der Waals surface area contributed by atoms with Crippen LogP contribution < -0.4 is 4.90 Å². The molecule has 0 atom stereocenters. The maximum Gasteiger partial charge on any atom is 0.0540 e. The van der Waals surface area contributed by atoms with Crippen molar-refractivity contribution in [3.05, 3.63) is 176 Å². The monoisotopic (exact) mass is 659 g/mol. The number of nitrogens with zero attached hydrogens (tertiary/aromatic N) is 1. The molecule has 0 aliphatic heterocycles. The molecule has 0 amide bonds. The number of fused-ring (bicyclic) bond motifs is 7. The Balaban J connectivity index is 1.18. The number of rotatable bonds is 5. The molecule has 0 saturated carbocycles. The normalized spacial score (nSPS) is 11.7. The Labute approximate surface area is 292 Å². The third kappa shape index (κ3) is 4.58. The Kier molecular flexibility index (Phi) is 6.61. The van der Waals surface area contributed by atoms with Gasteiger partial charge in [0.2, 0.25) is 0 Å². The zero-order valence-electron chi connectivity index (χ0n) is 26.5. The summed E-state index contributed by atoms with van der Waals surface area (Å²) in [6, 6.07) is 64.3. The molecule has 0 saturated heterocycles. The third-order valence-corrected chi connectivity index (χ3v) is 12.1. The van der Waals surface area contributed by atoms with Crippen LogP contribution in [0.25, 0.3) is 73.4 Å². The predicted molar refractivity (Wildman–Crippen MR) is 215 cm³/mol. The fourth-order valence-corrected chi connectivity index (χ4v) is 9.90. The van der Waals surface area contributed by atoms with E-state index in [4.69, 9.17) is 0 Å². The first-order valence-corrected chi connectivity index (χ1v) is 18.2. The molecule has 1 nitrogen and oxygen atoms in total. The standard InChI is InChI=1S/C46H29NS2/c1-2-14-33-30(12-1)13-9-23-41(33)47(32-28-26-31(27-29-32)34-18-10-20-39-36-16-4-7-24-43(36)48-45(34)39)42-22-6-3-15-35(42)38-19-11-21-40-37-17-5-8-25-44(37)49-46(38)40/h1-29H. The fraction of sp³-hybridized carbons (Fsp3) is 0. The minimum Gasteiger partial charge on any atom is -0.309 e. The Morgan fingerprint density at radius 3 is 1.55 bits per heavy atom. The fourth-order valence-electron chi connectivity index (χ4n) is 7.43. The van der Waals surface area contributed by atoms with Crippen LogP contribution in [-0.2, 0) is 0 Å². The van der Waals surface area contributed by atoms with Crippen molar-refractivity contribution in [2.75, 3.05) is 4.90 Å². The van der Waals surface area contributed by atoms with Gasteiger partial charge in [-0.1, -0.05) is 140 Å². The molecule has 0 aliphatic rings. The lowest BCUT2D eigenvalue weighted by Gasteiger charge is -2.29. The van der Waals surface area contributed by atoms with Crippen LogP contribution in [0.1, 0.15) is 0 Å². The van der Waals surface area contributed by atoms with Crippen molar-refractivity contribution in [3.63, 3.8) is 0 Å². The van der Waals surface area contributed by atoms with Gasteiger partial charge in [0.1, 0.15) is 0 Å². The van der Waals surface area contributed by atoms with E-state index < -0.39 is 0 Å². The highest BCUT2D eigenvalue weighted by molar-refractivity contribution is 7.26. The summed E-state index contributed by atoms with van der Waals surface area (Å²) in [7, 11) is 0. The van der Waals surface area contributed by atoms with Gasteiger partial charge >= 0.3 is 0 Å². The minimum absolute atomic E-state index is 1.12. The predicted octanol–water partition coefficient (Wildman–Crippen LogP) is 14.4. The van der Waals surface area contributed by atoms with Crippen LogP contribution in [0.15, 0.2) is 176 Å². The van der Waals surface area contributed by atoms with Crippen LogP contribution in [0.3, 0.4) is 0 Å². The van der Waals surface area contributed by atoms with E-state index in [9.17, 15) is 0 Å². The van der Waals surface area contributed by atoms with E-state index in [1.165, 1.54) is 73.4 Å². The Morgan fingerprint density at radius 1 is 0.327 bits per heavy atom. The van der Waals surface area contributed by atoms with E-state index in [1.54, 1.807) is 0 Å². The Bertz CT molecular complexity index is 2830. The van der Waals surface area contributed by atoms with Crippen molar-refractivity contribution in [2.24, 2.45) is 0 Å². The van der Waals surface area contributed by atoms with Crippen molar-refractivity contribution >= 4 is 90.9 Å². The first kappa shape index (κ1) is 28.3. The first-order chi connectivity index (χ1) is 24.3. The zero-order valence-corrected chi connectivity index (χ0v) is 28.1. The quantitative estimate of drug-likeness (QED) is 0.178. The van der Waals surface area contributed by atoms with Crippen molar-refractivity contribution < 1.29 is 0 Å². The van der Waals surface area contributed by atoms with Gasteiger partial charge in [-0.25, -0.2) is 0 Å². The van der Waals surface area contributed by atoms with Crippen LogP contribution in [0.2, 0.25) is 0 Å². The average molecular weight is 660 g/mol. The highest BCUT2D eigenvalue weighted by atomic mass is 32.1. The number of hydrogen-bond donors (Lipinski definition) is 0. The van der Waals surface area contributed by atoms with Crippen LogP contribution in [0.4, 0.5) is 17.1 Å². The Morgan fingerprint density at radius 2 is 0.816 bits per heavy atom. The topological polar surface area (TPSA) is 3.24 Å². The summed E-state index contributed by atoms with van der Waals surface area (Å²) in [6.45, 7) is 0. The van der Waals surface area contributed by atoms with E-state index >= 15 is 0 Å². The summed E-state index contributed by atoms with van der Waals surface area (Å²) in [6.07, 6.45) is 0. The number of hydrogen-bond acceptors (Lipinski definition) is 3. The number of anilines is 3. The highest BCUT2D eigenvalue weighted by Crippen LogP contribution is 2.47. The first-order valence-electron chi connectivity index (χ1n) is 16.6. The van der Waals surface area contributed by atoms with Crippen LogP contribution >= 0.6 is 22.7 Å². The molecule has 0 spiro atoms. The summed E-state index contributed by atoms with van der Waals surface area (Å²) in [5.74, 6) is 0. The van der Waals surface area contributed by atoms with Crippen LogP contribution in [-0.4, -0.2) is 0 Å². The largest absolute Gasteiger partial charge is 0.309 e. The SMILES string of the molecule is c1ccc(N(c2ccc(-c3cccc4c3sc3ccccc34)cc2)c2cccc3ccccc23)c(-c2cccc3c2sc2ccccc23)c1. The number of thiophene rings is 2. The second-order valence-electron chi connectivity index (χ2n) is 12.5. The summed E-state index contributed by atoms with van der Waals surface area (Å²) in [5, 5.41) is 7.72. The van der Waals surface area contributed by atoms with E-state index in [1.807, 2.05) is 22.7 Å². The maximum absolute atomic E-state index is 2.45. The summed E-state index contributed by atoms with van der Waals surface area (Å²) in [5.41, 5.74) is 8.41. The van der Waals surface area contributed by atoms with E-state index in [0.717, 1.165) is 17.1 Å². The molecule has 0 unspecified atom stereocenters. The summed E-state index contributed by atoms with van der Waals surface area (Å²) < 4.78 is 5.30. The van der Waals surface area contributed by atoms with Gasteiger partial charge in [0, 0.05) is 62.5 Å². The molecule has 10 aromatic rings. The minimum atomic E-state index is 1.12. The second kappa shape index (κ2) is 11.5. The van der Waals surface area contributed by atoms with E-state index in [0.29, 0.717) is 0 Å². The van der Waals surface area contributed by atoms with Crippen LogP contribution in [0, 0.1) is 0 Å². The van der Waals surface area contributed by atoms with Gasteiger partial charge < -0.3 is 4.90 Å². The molecular formula is C46H29NS2. The summed E-state index contributed by atoms with van der Waals surface area (Å²) >= 11 is 3.76. The molecule has 49 heavy (non-hydrogen) atoms. The van der Waals surface area contributed by atoms with E-state index in [-0.39, 0.29) is 0 Å².